The van der Waals surface area contributed by atoms with E-state index in [9.17, 15) is 0 Å². The van der Waals surface area contributed by atoms with Crippen LogP contribution in [0.25, 0.3) is 119 Å². The molecule has 0 radical (unpaired) electrons. The lowest BCUT2D eigenvalue weighted by molar-refractivity contribution is 1.28. The normalized spacial score (nSPS) is 11.6. The van der Waals surface area contributed by atoms with Crippen molar-refractivity contribution in [3.63, 3.8) is 0 Å². The fraction of sp³-hybridized carbons (Fsp3) is 0. The summed E-state index contributed by atoms with van der Waals surface area (Å²) in [7, 11) is 0. The molecule has 14 aromatic rings. The Morgan fingerprint density at radius 2 is 0.764 bits per heavy atom. The summed E-state index contributed by atoms with van der Waals surface area (Å²) in [6, 6.07) is 101. The standard InChI is InChI=1S/C70H45NS/c1-3-17-49(18-4-1)68-63-25-10-9-23-60(63)61-43-37-53(45-65(61)69(68)50-19-5-2-6-20-50)58-22-11-13-28-66(58)71(55-40-34-48(35-41-55)59-26-15-27-64-62-24-12-14-29-67(62)72-70(59)64)54-38-32-46(33-39-54)51-36-42-57-52(44-51)31-30-47-16-7-8-21-56(47)57/h1-45H. The van der Waals surface area contributed by atoms with E-state index >= 15 is 0 Å². The molecule has 1 nitrogen and oxygen atoms in total. The lowest BCUT2D eigenvalue weighted by atomic mass is 9.84. The molecule has 0 saturated heterocycles. The molecule has 336 valence electrons. The van der Waals surface area contributed by atoms with Crippen molar-refractivity contribution in [2.45, 2.75) is 0 Å². The highest BCUT2D eigenvalue weighted by atomic mass is 32.1. The fourth-order valence-corrected chi connectivity index (χ4v) is 12.5. The minimum atomic E-state index is 1.08. The highest BCUT2D eigenvalue weighted by Gasteiger charge is 2.22. The van der Waals surface area contributed by atoms with Gasteiger partial charge in [-0.15, -0.1) is 11.3 Å². The molecule has 1 heterocycles. The molecule has 0 N–H and O–H groups in total. The summed E-state index contributed by atoms with van der Waals surface area (Å²) in [4.78, 5) is 2.44. The Hall–Kier alpha value is -9.08. The second kappa shape index (κ2) is 17.4. The molecule has 2 heteroatoms. The van der Waals surface area contributed by atoms with Gasteiger partial charge < -0.3 is 4.90 Å². The minimum absolute atomic E-state index is 1.08. The molecule has 13 aromatic carbocycles. The maximum absolute atomic E-state index is 2.44. The van der Waals surface area contributed by atoms with Gasteiger partial charge in [-0.2, -0.15) is 0 Å². The van der Waals surface area contributed by atoms with E-state index in [-0.39, 0.29) is 0 Å². The molecule has 0 aliphatic heterocycles. The Labute approximate surface area is 422 Å². The first-order valence-electron chi connectivity index (χ1n) is 24.7. The van der Waals surface area contributed by atoms with Crippen LogP contribution in [0, 0.1) is 0 Å². The molecule has 0 fully saturated rings. The minimum Gasteiger partial charge on any atom is -0.310 e. The third kappa shape index (κ3) is 7.07. The first-order chi connectivity index (χ1) is 35.7. The fourth-order valence-electron chi connectivity index (χ4n) is 11.3. The van der Waals surface area contributed by atoms with Crippen molar-refractivity contribution in [3.8, 4) is 55.6 Å². The number of hydrogen-bond acceptors (Lipinski definition) is 2. The van der Waals surface area contributed by atoms with Crippen molar-refractivity contribution in [1.82, 2.24) is 0 Å². The summed E-state index contributed by atoms with van der Waals surface area (Å²) in [5, 5.41) is 12.7. The van der Waals surface area contributed by atoms with E-state index < -0.39 is 0 Å². The number of para-hydroxylation sites is 1. The number of fused-ring (bicyclic) bond motifs is 9. The Kier molecular flexibility index (Phi) is 10.1. The number of anilines is 3. The summed E-state index contributed by atoms with van der Waals surface area (Å²) in [6.07, 6.45) is 0. The average Bonchev–Trinajstić information content (AvgIpc) is 3.85. The first-order valence-corrected chi connectivity index (χ1v) is 25.5. The molecule has 0 atom stereocenters. The highest BCUT2D eigenvalue weighted by molar-refractivity contribution is 7.26. The number of thiophene rings is 1. The van der Waals surface area contributed by atoms with E-state index in [0.717, 1.165) is 28.2 Å². The van der Waals surface area contributed by atoms with Gasteiger partial charge in [0.15, 0.2) is 0 Å². The Morgan fingerprint density at radius 3 is 1.53 bits per heavy atom. The maximum atomic E-state index is 2.44. The van der Waals surface area contributed by atoms with Gasteiger partial charge >= 0.3 is 0 Å². The number of nitrogens with zero attached hydrogens (tertiary/aromatic N) is 1. The molecule has 0 aliphatic carbocycles. The predicted octanol–water partition coefficient (Wildman–Crippen LogP) is 20.5. The van der Waals surface area contributed by atoms with Gasteiger partial charge in [0.05, 0.1) is 5.69 Å². The SMILES string of the molecule is c1ccc(-c2c(-c3ccccc3)c3cc(-c4ccccc4N(c4ccc(-c5ccc6c(ccc7ccccc76)c5)cc4)c4ccc(-c5cccc6c5sc5ccccc56)cc4)ccc3c3ccccc23)cc1. The van der Waals surface area contributed by atoms with Crippen LogP contribution in [-0.4, -0.2) is 0 Å². The van der Waals surface area contributed by atoms with Crippen LogP contribution in [0.4, 0.5) is 17.1 Å². The van der Waals surface area contributed by atoms with Crippen LogP contribution >= 0.6 is 11.3 Å². The van der Waals surface area contributed by atoms with Crippen LogP contribution in [0.5, 0.6) is 0 Å². The molecule has 0 amide bonds. The maximum Gasteiger partial charge on any atom is 0.0540 e. The molecule has 1 aromatic heterocycles. The third-order valence-electron chi connectivity index (χ3n) is 14.7. The van der Waals surface area contributed by atoms with E-state index in [4.69, 9.17) is 0 Å². The Morgan fingerprint density at radius 1 is 0.250 bits per heavy atom. The van der Waals surface area contributed by atoms with Crippen molar-refractivity contribution in [2.75, 3.05) is 4.90 Å². The molecular weight excluding hydrogens is 887 g/mol. The first kappa shape index (κ1) is 41.9. The topological polar surface area (TPSA) is 3.24 Å². The van der Waals surface area contributed by atoms with Crippen molar-refractivity contribution in [1.29, 1.82) is 0 Å². The zero-order chi connectivity index (χ0) is 47.5. The summed E-state index contributed by atoms with van der Waals surface area (Å²) in [6.45, 7) is 0. The van der Waals surface area contributed by atoms with Crippen molar-refractivity contribution in [2.24, 2.45) is 0 Å². The largest absolute Gasteiger partial charge is 0.310 e. The van der Waals surface area contributed by atoms with E-state index in [1.165, 1.54) is 108 Å². The number of hydrogen-bond donors (Lipinski definition) is 0. The summed E-state index contributed by atoms with van der Waals surface area (Å²) >= 11 is 1.88. The smallest absolute Gasteiger partial charge is 0.0540 e. The molecule has 72 heavy (non-hydrogen) atoms. The number of rotatable bonds is 8. The van der Waals surface area contributed by atoms with Crippen LogP contribution < -0.4 is 4.90 Å². The molecule has 0 bridgehead atoms. The van der Waals surface area contributed by atoms with Crippen molar-refractivity contribution in [3.05, 3.63) is 273 Å². The molecule has 0 saturated carbocycles. The van der Waals surface area contributed by atoms with E-state index in [2.05, 4.69) is 278 Å². The van der Waals surface area contributed by atoms with Gasteiger partial charge in [0.25, 0.3) is 0 Å². The molecular formula is C70H45NS. The van der Waals surface area contributed by atoms with Gasteiger partial charge in [0, 0.05) is 37.1 Å². The van der Waals surface area contributed by atoms with Gasteiger partial charge in [-0.1, -0.05) is 224 Å². The van der Waals surface area contributed by atoms with Crippen molar-refractivity contribution >= 4 is 91.7 Å². The monoisotopic (exact) mass is 931 g/mol. The third-order valence-corrected chi connectivity index (χ3v) is 15.9. The molecule has 0 spiro atoms. The molecule has 0 aliphatic rings. The molecule has 14 rings (SSSR count). The van der Waals surface area contributed by atoms with Crippen molar-refractivity contribution < 1.29 is 0 Å². The summed E-state index contributed by atoms with van der Waals surface area (Å²) in [5.74, 6) is 0. The van der Waals surface area contributed by atoms with Gasteiger partial charge in [-0.3, -0.25) is 0 Å². The summed E-state index contributed by atoms with van der Waals surface area (Å²) in [5.41, 5.74) is 15.3. The lowest BCUT2D eigenvalue weighted by Crippen LogP contribution is -2.11. The van der Waals surface area contributed by atoms with Gasteiger partial charge in [0.1, 0.15) is 0 Å². The summed E-state index contributed by atoms with van der Waals surface area (Å²) < 4.78 is 2.63. The quantitative estimate of drug-likeness (QED) is 0.137. The lowest BCUT2D eigenvalue weighted by Gasteiger charge is -2.28. The second-order valence-corrected chi connectivity index (χ2v) is 19.8. The van der Waals surface area contributed by atoms with Crippen LogP contribution in [0.1, 0.15) is 0 Å². The number of benzene rings is 13. The van der Waals surface area contributed by atoms with E-state index in [1.54, 1.807) is 0 Å². The highest BCUT2D eigenvalue weighted by Crippen LogP contribution is 2.48. The molecule has 0 unspecified atom stereocenters. The second-order valence-electron chi connectivity index (χ2n) is 18.7. The Bertz CT molecular complexity index is 4360. The van der Waals surface area contributed by atoms with Crippen LogP contribution in [0.2, 0.25) is 0 Å². The Balaban J connectivity index is 0.941. The zero-order valence-corrected chi connectivity index (χ0v) is 40.2. The van der Waals surface area contributed by atoms with Gasteiger partial charge in [0.2, 0.25) is 0 Å². The van der Waals surface area contributed by atoms with Gasteiger partial charge in [-0.25, -0.2) is 0 Å². The average molecular weight is 932 g/mol. The predicted molar refractivity (Wildman–Crippen MR) is 311 cm³/mol. The van der Waals surface area contributed by atoms with E-state index in [0.29, 0.717) is 0 Å². The zero-order valence-electron chi connectivity index (χ0n) is 39.3. The van der Waals surface area contributed by atoms with E-state index in [1.807, 2.05) is 11.3 Å². The van der Waals surface area contributed by atoms with Crippen LogP contribution in [0.3, 0.4) is 0 Å². The van der Waals surface area contributed by atoms with Gasteiger partial charge in [-0.05, 0) is 142 Å². The van der Waals surface area contributed by atoms with Crippen LogP contribution in [-0.2, 0) is 0 Å². The van der Waals surface area contributed by atoms with Crippen LogP contribution in [0.15, 0.2) is 273 Å².